The minimum Gasteiger partial charge on any atom is -0.370 e. The first kappa shape index (κ1) is 11.3. The smallest absolute Gasteiger partial charge is 0.188 e. The van der Waals surface area contributed by atoms with Gasteiger partial charge in [0.05, 0.1) is 0 Å². The van der Waals surface area contributed by atoms with Crippen LogP contribution in [0.3, 0.4) is 0 Å². The molecule has 3 heteroatoms. The molecular formula is C11H23N3. The lowest BCUT2D eigenvalue weighted by Gasteiger charge is -2.09. The molecule has 82 valence electrons. The second-order valence-electron chi connectivity index (χ2n) is 4.51. The second-order valence-corrected chi connectivity index (χ2v) is 4.51. The maximum Gasteiger partial charge on any atom is 0.188 e. The van der Waals surface area contributed by atoms with Crippen LogP contribution in [0.25, 0.3) is 0 Å². The van der Waals surface area contributed by atoms with Gasteiger partial charge in [-0.15, -0.1) is 0 Å². The molecule has 0 heterocycles. The zero-order valence-electron chi connectivity index (χ0n) is 9.42. The number of nitrogens with one attached hydrogen (secondary N) is 1. The van der Waals surface area contributed by atoms with E-state index in [4.69, 9.17) is 5.73 Å². The molecule has 3 nitrogen and oxygen atoms in total. The van der Waals surface area contributed by atoms with Crippen LogP contribution < -0.4 is 11.1 Å². The van der Waals surface area contributed by atoms with E-state index in [1.807, 2.05) is 0 Å². The van der Waals surface area contributed by atoms with Gasteiger partial charge in [-0.3, -0.25) is 4.99 Å². The van der Waals surface area contributed by atoms with Crippen LogP contribution in [0.15, 0.2) is 4.99 Å². The van der Waals surface area contributed by atoms with Gasteiger partial charge in [0.15, 0.2) is 5.96 Å². The van der Waals surface area contributed by atoms with Crippen molar-refractivity contribution in [3.05, 3.63) is 0 Å². The largest absolute Gasteiger partial charge is 0.370 e. The lowest BCUT2D eigenvalue weighted by atomic mass is 10.0. The lowest BCUT2D eigenvalue weighted by molar-refractivity contribution is 0.511. The van der Waals surface area contributed by atoms with E-state index in [1.165, 1.54) is 32.1 Å². The standard InChI is InChI=1S/C11H23N3/c1-9(2)14-11(12)13-8-7-10-5-3-4-6-10/h9-10H,3-8H2,1-2H3,(H3,12,13,14). The Morgan fingerprint density at radius 1 is 1.43 bits per heavy atom. The van der Waals surface area contributed by atoms with Crippen LogP contribution in [0, 0.1) is 5.92 Å². The third-order valence-corrected chi connectivity index (χ3v) is 2.73. The van der Waals surface area contributed by atoms with E-state index in [1.54, 1.807) is 0 Å². The Labute approximate surface area is 87.2 Å². The highest BCUT2D eigenvalue weighted by atomic mass is 15.1. The topological polar surface area (TPSA) is 50.4 Å². The zero-order chi connectivity index (χ0) is 10.4. The van der Waals surface area contributed by atoms with Gasteiger partial charge in [-0.05, 0) is 26.2 Å². The number of hydrogen-bond donors (Lipinski definition) is 2. The maximum absolute atomic E-state index is 5.70. The normalized spacial score (nSPS) is 19.2. The Hall–Kier alpha value is -0.730. The molecule has 1 aliphatic carbocycles. The molecule has 0 aliphatic heterocycles. The van der Waals surface area contributed by atoms with Gasteiger partial charge in [0.2, 0.25) is 0 Å². The van der Waals surface area contributed by atoms with Gasteiger partial charge in [-0.25, -0.2) is 0 Å². The van der Waals surface area contributed by atoms with E-state index in [0.29, 0.717) is 12.0 Å². The molecule has 1 aliphatic rings. The van der Waals surface area contributed by atoms with Crippen LogP contribution in [-0.4, -0.2) is 18.5 Å². The Bertz CT molecular complexity index is 181. The predicted octanol–water partition coefficient (Wildman–Crippen LogP) is 1.88. The molecule has 0 radical (unpaired) electrons. The Morgan fingerprint density at radius 3 is 2.64 bits per heavy atom. The fraction of sp³-hybridized carbons (Fsp3) is 0.909. The highest BCUT2D eigenvalue weighted by molar-refractivity contribution is 5.77. The van der Waals surface area contributed by atoms with Gasteiger partial charge in [0.25, 0.3) is 0 Å². The lowest BCUT2D eigenvalue weighted by Crippen LogP contribution is -2.36. The van der Waals surface area contributed by atoms with Gasteiger partial charge >= 0.3 is 0 Å². The molecule has 0 unspecified atom stereocenters. The molecule has 0 spiro atoms. The van der Waals surface area contributed by atoms with Crippen molar-refractivity contribution in [2.45, 2.75) is 52.0 Å². The Morgan fingerprint density at radius 2 is 2.07 bits per heavy atom. The summed E-state index contributed by atoms with van der Waals surface area (Å²) in [5, 5.41) is 3.10. The van der Waals surface area contributed by atoms with Crippen molar-refractivity contribution in [1.29, 1.82) is 0 Å². The molecular weight excluding hydrogens is 174 g/mol. The summed E-state index contributed by atoms with van der Waals surface area (Å²) in [7, 11) is 0. The highest BCUT2D eigenvalue weighted by Crippen LogP contribution is 2.27. The Kier molecular flexibility index (Phi) is 4.77. The average Bonchev–Trinajstić information content (AvgIpc) is 2.55. The van der Waals surface area contributed by atoms with E-state index < -0.39 is 0 Å². The molecule has 1 rings (SSSR count). The fourth-order valence-electron chi connectivity index (χ4n) is 2.01. The van der Waals surface area contributed by atoms with Crippen LogP contribution in [0.2, 0.25) is 0 Å². The summed E-state index contributed by atoms with van der Waals surface area (Å²) < 4.78 is 0. The third kappa shape index (κ3) is 4.49. The summed E-state index contributed by atoms with van der Waals surface area (Å²) in [6, 6.07) is 0.380. The summed E-state index contributed by atoms with van der Waals surface area (Å²) in [6.45, 7) is 5.02. The minimum absolute atomic E-state index is 0.380. The van der Waals surface area contributed by atoms with Crippen molar-refractivity contribution >= 4 is 5.96 Å². The summed E-state index contributed by atoms with van der Waals surface area (Å²) >= 11 is 0. The maximum atomic E-state index is 5.70. The van der Waals surface area contributed by atoms with Crippen molar-refractivity contribution in [1.82, 2.24) is 5.32 Å². The highest BCUT2D eigenvalue weighted by Gasteiger charge is 2.13. The Balaban J connectivity index is 2.11. The van der Waals surface area contributed by atoms with Crippen molar-refractivity contribution in [2.24, 2.45) is 16.6 Å². The zero-order valence-corrected chi connectivity index (χ0v) is 9.42. The van der Waals surface area contributed by atoms with E-state index in [0.717, 1.165) is 12.5 Å². The van der Waals surface area contributed by atoms with E-state index in [9.17, 15) is 0 Å². The molecule has 0 amide bonds. The number of guanidine groups is 1. The molecule has 0 saturated heterocycles. The van der Waals surface area contributed by atoms with Crippen molar-refractivity contribution < 1.29 is 0 Å². The fourth-order valence-corrected chi connectivity index (χ4v) is 2.01. The van der Waals surface area contributed by atoms with Crippen LogP contribution in [-0.2, 0) is 0 Å². The number of nitrogens with zero attached hydrogens (tertiary/aromatic N) is 1. The molecule has 0 aromatic rings. The quantitative estimate of drug-likeness (QED) is 0.534. The number of nitrogens with two attached hydrogens (primary N) is 1. The molecule has 0 aromatic heterocycles. The molecule has 0 bridgehead atoms. The van der Waals surface area contributed by atoms with Gasteiger partial charge < -0.3 is 11.1 Å². The average molecular weight is 197 g/mol. The van der Waals surface area contributed by atoms with Gasteiger partial charge in [0.1, 0.15) is 0 Å². The van der Waals surface area contributed by atoms with Crippen molar-refractivity contribution in [3.8, 4) is 0 Å². The summed E-state index contributed by atoms with van der Waals surface area (Å²) in [4.78, 5) is 4.31. The number of rotatable bonds is 4. The molecule has 14 heavy (non-hydrogen) atoms. The first-order valence-electron chi connectivity index (χ1n) is 5.75. The minimum atomic E-state index is 0.380. The third-order valence-electron chi connectivity index (χ3n) is 2.73. The van der Waals surface area contributed by atoms with Gasteiger partial charge in [-0.1, -0.05) is 25.7 Å². The van der Waals surface area contributed by atoms with E-state index in [2.05, 4.69) is 24.2 Å². The van der Waals surface area contributed by atoms with Crippen LogP contribution in [0.5, 0.6) is 0 Å². The molecule has 3 N–H and O–H groups in total. The molecule has 1 fully saturated rings. The molecule has 1 saturated carbocycles. The predicted molar refractivity (Wildman–Crippen MR) is 61.3 cm³/mol. The summed E-state index contributed by atoms with van der Waals surface area (Å²) in [5.41, 5.74) is 5.70. The van der Waals surface area contributed by atoms with Gasteiger partial charge in [-0.2, -0.15) is 0 Å². The van der Waals surface area contributed by atoms with Gasteiger partial charge in [0, 0.05) is 12.6 Å². The van der Waals surface area contributed by atoms with Crippen LogP contribution >= 0.6 is 0 Å². The summed E-state index contributed by atoms with van der Waals surface area (Å²) in [6.07, 6.45) is 6.82. The van der Waals surface area contributed by atoms with Crippen molar-refractivity contribution in [3.63, 3.8) is 0 Å². The first-order chi connectivity index (χ1) is 6.68. The first-order valence-corrected chi connectivity index (χ1v) is 5.75. The number of aliphatic imine (C=N–C) groups is 1. The monoisotopic (exact) mass is 197 g/mol. The van der Waals surface area contributed by atoms with E-state index in [-0.39, 0.29) is 0 Å². The summed E-state index contributed by atoms with van der Waals surface area (Å²) in [5.74, 6) is 1.50. The SMILES string of the molecule is CC(C)NC(N)=NCCC1CCCC1. The number of hydrogen-bond acceptors (Lipinski definition) is 1. The molecule has 0 aromatic carbocycles. The van der Waals surface area contributed by atoms with E-state index >= 15 is 0 Å². The van der Waals surface area contributed by atoms with Crippen molar-refractivity contribution in [2.75, 3.05) is 6.54 Å². The molecule has 0 atom stereocenters. The second kappa shape index (κ2) is 5.89. The van der Waals surface area contributed by atoms with Crippen LogP contribution in [0.4, 0.5) is 0 Å². The van der Waals surface area contributed by atoms with Crippen LogP contribution in [0.1, 0.15) is 46.0 Å².